The molecule has 3 heteroatoms. The molecule has 1 fully saturated rings. The maximum absolute atomic E-state index is 11.0. The van der Waals surface area contributed by atoms with Gasteiger partial charge in [0, 0.05) is 26.6 Å². The zero-order valence-electron chi connectivity index (χ0n) is 11.3. The lowest BCUT2D eigenvalue weighted by atomic mass is 9.90. The standard InChI is InChI=1S/C15H22N2O/c1-13(18)16-11-15(2)8-9-17(12-15)10-14-6-4-3-5-7-14/h3-7H,8-12H2,1-2H3,(H,16,18). The lowest BCUT2D eigenvalue weighted by Gasteiger charge is -2.24. The van der Waals surface area contributed by atoms with Crippen LogP contribution < -0.4 is 5.32 Å². The Kier molecular flexibility index (Phi) is 4.02. The second-order valence-corrected chi connectivity index (χ2v) is 5.67. The van der Waals surface area contributed by atoms with Gasteiger partial charge < -0.3 is 5.32 Å². The summed E-state index contributed by atoms with van der Waals surface area (Å²) in [6.07, 6.45) is 1.15. The molecule has 0 radical (unpaired) electrons. The highest BCUT2D eigenvalue weighted by molar-refractivity contribution is 5.72. The summed E-state index contributed by atoms with van der Waals surface area (Å²) in [5, 5.41) is 2.95. The molecule has 1 N–H and O–H groups in total. The number of hydrogen-bond acceptors (Lipinski definition) is 2. The van der Waals surface area contributed by atoms with Crippen LogP contribution in [0.15, 0.2) is 30.3 Å². The smallest absolute Gasteiger partial charge is 0.216 e. The van der Waals surface area contributed by atoms with Crippen molar-refractivity contribution in [3.63, 3.8) is 0 Å². The van der Waals surface area contributed by atoms with Gasteiger partial charge in [-0.15, -0.1) is 0 Å². The van der Waals surface area contributed by atoms with Crippen LogP contribution in [-0.2, 0) is 11.3 Å². The summed E-state index contributed by atoms with van der Waals surface area (Å²) in [6, 6.07) is 10.6. The van der Waals surface area contributed by atoms with Crippen molar-refractivity contribution in [1.29, 1.82) is 0 Å². The number of nitrogens with one attached hydrogen (secondary N) is 1. The fourth-order valence-electron chi connectivity index (χ4n) is 2.58. The predicted molar refractivity (Wildman–Crippen MR) is 73.1 cm³/mol. The Bertz CT molecular complexity index is 404. The number of carbonyl (C=O) groups is 1. The van der Waals surface area contributed by atoms with Gasteiger partial charge in [0.05, 0.1) is 0 Å². The van der Waals surface area contributed by atoms with Crippen molar-refractivity contribution >= 4 is 5.91 Å². The van der Waals surface area contributed by atoms with Crippen LogP contribution in [0.4, 0.5) is 0 Å². The molecule has 1 aliphatic heterocycles. The first-order chi connectivity index (χ1) is 8.57. The third-order valence-corrected chi connectivity index (χ3v) is 3.65. The monoisotopic (exact) mass is 246 g/mol. The molecule has 1 saturated heterocycles. The summed E-state index contributed by atoms with van der Waals surface area (Å²) in [5.74, 6) is 0.0673. The lowest BCUT2D eigenvalue weighted by molar-refractivity contribution is -0.119. The van der Waals surface area contributed by atoms with Crippen molar-refractivity contribution in [1.82, 2.24) is 10.2 Å². The molecule has 0 aliphatic carbocycles. The average Bonchev–Trinajstić information content (AvgIpc) is 2.71. The molecular weight excluding hydrogens is 224 g/mol. The number of carbonyl (C=O) groups excluding carboxylic acids is 1. The molecule has 98 valence electrons. The van der Waals surface area contributed by atoms with E-state index >= 15 is 0 Å². The largest absolute Gasteiger partial charge is 0.356 e. The number of likely N-dealkylation sites (tertiary alicyclic amines) is 1. The van der Waals surface area contributed by atoms with Crippen LogP contribution in [0.3, 0.4) is 0 Å². The molecule has 1 aromatic carbocycles. The minimum atomic E-state index is 0.0673. The number of benzene rings is 1. The quantitative estimate of drug-likeness (QED) is 0.881. The topological polar surface area (TPSA) is 32.3 Å². The molecule has 0 aromatic heterocycles. The van der Waals surface area contributed by atoms with E-state index in [2.05, 4.69) is 41.4 Å². The molecule has 1 aliphatic rings. The highest BCUT2D eigenvalue weighted by atomic mass is 16.1. The first kappa shape index (κ1) is 13.1. The van der Waals surface area contributed by atoms with Gasteiger partial charge in [0.15, 0.2) is 0 Å². The van der Waals surface area contributed by atoms with E-state index in [0.29, 0.717) is 0 Å². The van der Waals surface area contributed by atoms with E-state index in [1.807, 2.05) is 6.07 Å². The van der Waals surface area contributed by atoms with Gasteiger partial charge >= 0.3 is 0 Å². The van der Waals surface area contributed by atoms with Crippen molar-refractivity contribution in [3.8, 4) is 0 Å². The van der Waals surface area contributed by atoms with Gasteiger partial charge in [0.25, 0.3) is 0 Å². The summed E-state index contributed by atoms with van der Waals surface area (Å²) in [7, 11) is 0. The number of nitrogens with zero attached hydrogens (tertiary/aromatic N) is 1. The van der Waals surface area contributed by atoms with Gasteiger partial charge in [-0.1, -0.05) is 37.3 Å². The molecule has 0 bridgehead atoms. The summed E-state index contributed by atoms with van der Waals surface area (Å²) >= 11 is 0. The minimum absolute atomic E-state index is 0.0673. The molecule has 1 aromatic rings. The molecule has 1 amide bonds. The number of amides is 1. The van der Waals surface area contributed by atoms with Gasteiger partial charge in [-0.05, 0) is 23.9 Å². The Balaban J connectivity index is 1.86. The van der Waals surface area contributed by atoms with Crippen LogP contribution in [0, 0.1) is 5.41 Å². The number of hydrogen-bond donors (Lipinski definition) is 1. The maximum Gasteiger partial charge on any atom is 0.216 e. The molecule has 1 atom stereocenters. The van der Waals surface area contributed by atoms with Gasteiger partial charge in [-0.3, -0.25) is 9.69 Å². The minimum Gasteiger partial charge on any atom is -0.356 e. The first-order valence-corrected chi connectivity index (χ1v) is 6.58. The van der Waals surface area contributed by atoms with Crippen LogP contribution in [0.1, 0.15) is 25.8 Å². The van der Waals surface area contributed by atoms with E-state index in [1.165, 1.54) is 5.56 Å². The highest BCUT2D eigenvalue weighted by Gasteiger charge is 2.33. The first-order valence-electron chi connectivity index (χ1n) is 6.58. The van der Waals surface area contributed by atoms with Crippen molar-refractivity contribution in [2.45, 2.75) is 26.8 Å². The van der Waals surface area contributed by atoms with Gasteiger partial charge in [-0.25, -0.2) is 0 Å². The fourth-order valence-corrected chi connectivity index (χ4v) is 2.58. The maximum atomic E-state index is 11.0. The zero-order valence-corrected chi connectivity index (χ0v) is 11.3. The van der Waals surface area contributed by atoms with Crippen molar-refractivity contribution in [2.75, 3.05) is 19.6 Å². The van der Waals surface area contributed by atoms with Crippen LogP contribution in [0.25, 0.3) is 0 Å². The van der Waals surface area contributed by atoms with Crippen LogP contribution in [-0.4, -0.2) is 30.4 Å². The van der Waals surface area contributed by atoms with E-state index in [1.54, 1.807) is 6.92 Å². The van der Waals surface area contributed by atoms with E-state index in [4.69, 9.17) is 0 Å². The summed E-state index contributed by atoms with van der Waals surface area (Å²) in [5.41, 5.74) is 1.58. The van der Waals surface area contributed by atoms with Gasteiger partial charge in [0.2, 0.25) is 5.91 Å². The van der Waals surface area contributed by atoms with Crippen molar-refractivity contribution in [3.05, 3.63) is 35.9 Å². The molecule has 3 nitrogen and oxygen atoms in total. The highest BCUT2D eigenvalue weighted by Crippen LogP contribution is 2.30. The molecule has 1 unspecified atom stereocenters. The van der Waals surface area contributed by atoms with Crippen molar-refractivity contribution < 1.29 is 4.79 Å². The second kappa shape index (κ2) is 5.53. The van der Waals surface area contributed by atoms with Gasteiger partial charge in [0.1, 0.15) is 0 Å². The summed E-state index contributed by atoms with van der Waals surface area (Å²) in [6.45, 7) is 7.81. The van der Waals surface area contributed by atoms with E-state index in [9.17, 15) is 4.79 Å². The molecule has 0 spiro atoms. The Morgan fingerprint density at radius 3 is 2.78 bits per heavy atom. The Hall–Kier alpha value is -1.35. The average molecular weight is 246 g/mol. The van der Waals surface area contributed by atoms with E-state index < -0.39 is 0 Å². The van der Waals surface area contributed by atoms with Crippen LogP contribution >= 0.6 is 0 Å². The zero-order chi connectivity index (χ0) is 13.0. The number of rotatable bonds is 4. The SMILES string of the molecule is CC(=O)NCC1(C)CCN(Cc2ccccc2)C1. The van der Waals surface area contributed by atoms with Crippen molar-refractivity contribution in [2.24, 2.45) is 5.41 Å². The normalized spacial score (nSPS) is 24.1. The Morgan fingerprint density at radius 1 is 1.39 bits per heavy atom. The van der Waals surface area contributed by atoms with Gasteiger partial charge in [-0.2, -0.15) is 0 Å². The summed E-state index contributed by atoms with van der Waals surface area (Å²) in [4.78, 5) is 13.5. The molecule has 2 rings (SSSR count). The summed E-state index contributed by atoms with van der Waals surface area (Å²) < 4.78 is 0. The van der Waals surface area contributed by atoms with E-state index in [0.717, 1.165) is 32.6 Å². The molecular formula is C15H22N2O. The van der Waals surface area contributed by atoms with Crippen LogP contribution in [0.5, 0.6) is 0 Å². The predicted octanol–water partition coefficient (Wildman–Crippen LogP) is 2.03. The van der Waals surface area contributed by atoms with Crippen LogP contribution in [0.2, 0.25) is 0 Å². The lowest BCUT2D eigenvalue weighted by Crippen LogP contribution is -2.36. The second-order valence-electron chi connectivity index (χ2n) is 5.67. The molecule has 0 saturated carbocycles. The fraction of sp³-hybridized carbons (Fsp3) is 0.533. The Morgan fingerprint density at radius 2 is 2.11 bits per heavy atom. The molecule has 18 heavy (non-hydrogen) atoms. The molecule has 1 heterocycles. The third-order valence-electron chi connectivity index (χ3n) is 3.65. The third kappa shape index (κ3) is 3.57. The Labute approximate surface area is 109 Å². The van der Waals surface area contributed by atoms with E-state index in [-0.39, 0.29) is 11.3 Å².